The molecule has 34 heavy (non-hydrogen) atoms. The lowest BCUT2D eigenvalue weighted by Gasteiger charge is -2.31. The molecule has 8 heteroatoms. The van der Waals surface area contributed by atoms with Gasteiger partial charge in [0, 0.05) is 16.6 Å². The molecule has 0 aliphatic carbocycles. The maximum Gasteiger partial charge on any atom is 0.407 e. The van der Waals surface area contributed by atoms with Gasteiger partial charge in [0.05, 0.1) is 12.0 Å². The van der Waals surface area contributed by atoms with Crippen molar-refractivity contribution in [2.24, 2.45) is 5.41 Å². The van der Waals surface area contributed by atoms with Crippen molar-refractivity contribution in [2.45, 2.75) is 51.7 Å². The minimum Gasteiger partial charge on any atom is -0.481 e. The predicted molar refractivity (Wildman–Crippen MR) is 130 cm³/mol. The first-order chi connectivity index (χ1) is 15.9. The van der Waals surface area contributed by atoms with Gasteiger partial charge >= 0.3 is 12.1 Å². The first kappa shape index (κ1) is 27.3. The lowest BCUT2D eigenvalue weighted by Crippen LogP contribution is -2.46. The first-order valence-electron chi connectivity index (χ1n) is 10.9. The third-order valence-electron chi connectivity index (χ3n) is 5.32. The van der Waals surface area contributed by atoms with E-state index in [0.717, 1.165) is 5.56 Å². The van der Waals surface area contributed by atoms with Gasteiger partial charge in [-0.15, -0.1) is 6.58 Å². The molecular formula is C26H31ClFNO5. The van der Waals surface area contributed by atoms with Gasteiger partial charge in [-0.05, 0) is 69.4 Å². The number of benzene rings is 2. The molecule has 6 nitrogen and oxygen atoms in total. The lowest BCUT2D eigenvalue weighted by molar-refractivity contribution is -0.152. The maximum atomic E-state index is 14.2. The van der Waals surface area contributed by atoms with Crippen LogP contribution >= 0.6 is 11.6 Å². The van der Waals surface area contributed by atoms with E-state index in [0.29, 0.717) is 16.1 Å². The monoisotopic (exact) mass is 491 g/mol. The maximum absolute atomic E-state index is 14.2. The summed E-state index contributed by atoms with van der Waals surface area (Å²) in [6.45, 7) is 8.16. The molecule has 0 spiro atoms. The molecule has 0 saturated carbocycles. The van der Waals surface area contributed by atoms with E-state index in [1.54, 1.807) is 45.0 Å². The van der Waals surface area contributed by atoms with Gasteiger partial charge in [-0.3, -0.25) is 4.79 Å². The van der Waals surface area contributed by atoms with Crippen LogP contribution in [0, 0.1) is 11.2 Å². The summed E-state index contributed by atoms with van der Waals surface area (Å²) >= 11 is 5.99. The van der Waals surface area contributed by atoms with E-state index < -0.39 is 41.5 Å². The Labute approximate surface area is 204 Å². The molecule has 0 bridgehead atoms. The summed E-state index contributed by atoms with van der Waals surface area (Å²) in [7, 11) is 0. The molecule has 0 aromatic heterocycles. The number of allylic oxidation sites excluding steroid dienone is 1. The van der Waals surface area contributed by atoms with Crippen LogP contribution in [0.1, 0.15) is 39.2 Å². The third-order valence-corrected chi connectivity index (χ3v) is 5.56. The number of aliphatic hydroxyl groups is 1. The van der Waals surface area contributed by atoms with E-state index in [1.807, 2.05) is 0 Å². The van der Waals surface area contributed by atoms with Gasteiger partial charge in [-0.2, -0.15) is 0 Å². The predicted octanol–water partition coefficient (Wildman–Crippen LogP) is 5.61. The number of carbonyl (C=O) groups excluding carboxylic acids is 1. The van der Waals surface area contributed by atoms with E-state index in [4.69, 9.17) is 16.3 Å². The number of nitrogens with one attached hydrogen (secondary N) is 1. The van der Waals surface area contributed by atoms with Crippen LogP contribution in [0.4, 0.5) is 9.18 Å². The van der Waals surface area contributed by atoms with Crippen molar-refractivity contribution >= 4 is 23.7 Å². The van der Waals surface area contributed by atoms with Crippen LogP contribution in [0.5, 0.6) is 0 Å². The van der Waals surface area contributed by atoms with Gasteiger partial charge in [0.25, 0.3) is 0 Å². The zero-order valence-corrected chi connectivity index (χ0v) is 20.4. The summed E-state index contributed by atoms with van der Waals surface area (Å²) in [4.78, 5) is 24.5. The highest BCUT2D eigenvalue weighted by Crippen LogP contribution is 2.31. The molecule has 2 aromatic carbocycles. The van der Waals surface area contributed by atoms with Crippen molar-refractivity contribution in [3.8, 4) is 11.1 Å². The molecule has 1 unspecified atom stereocenters. The van der Waals surface area contributed by atoms with Crippen LogP contribution in [-0.4, -0.2) is 40.5 Å². The number of aliphatic hydroxyl groups excluding tert-OH is 1. The lowest BCUT2D eigenvalue weighted by atomic mass is 9.78. The van der Waals surface area contributed by atoms with Crippen LogP contribution in [0.25, 0.3) is 11.1 Å². The Morgan fingerprint density at radius 2 is 1.85 bits per heavy atom. The summed E-state index contributed by atoms with van der Waals surface area (Å²) < 4.78 is 19.6. The molecule has 2 rings (SSSR count). The topological polar surface area (TPSA) is 95.9 Å². The van der Waals surface area contributed by atoms with Crippen molar-refractivity contribution in [1.29, 1.82) is 0 Å². The van der Waals surface area contributed by atoms with Crippen LogP contribution < -0.4 is 5.32 Å². The minimum atomic E-state index is -1.51. The van der Waals surface area contributed by atoms with E-state index in [1.165, 1.54) is 24.3 Å². The summed E-state index contributed by atoms with van der Waals surface area (Å²) in [5.74, 6) is -1.59. The van der Waals surface area contributed by atoms with E-state index in [2.05, 4.69) is 11.9 Å². The molecule has 184 valence electrons. The highest BCUT2D eigenvalue weighted by atomic mass is 35.5. The van der Waals surface area contributed by atoms with Crippen LogP contribution in [0.2, 0.25) is 5.02 Å². The average molecular weight is 492 g/mol. The van der Waals surface area contributed by atoms with Gasteiger partial charge in [0.15, 0.2) is 0 Å². The molecule has 0 aliphatic rings. The Morgan fingerprint density at radius 3 is 2.38 bits per heavy atom. The minimum absolute atomic E-state index is 0.0261. The summed E-state index contributed by atoms with van der Waals surface area (Å²) in [6.07, 6.45) is 0.992. The quantitative estimate of drug-likeness (QED) is 0.375. The number of hydrogen-bond acceptors (Lipinski definition) is 4. The fourth-order valence-electron chi connectivity index (χ4n) is 3.67. The zero-order chi connectivity index (χ0) is 25.5. The van der Waals surface area contributed by atoms with Crippen LogP contribution in [0.15, 0.2) is 55.1 Å². The highest BCUT2D eigenvalue weighted by Gasteiger charge is 2.40. The average Bonchev–Trinajstić information content (AvgIpc) is 2.74. The largest absolute Gasteiger partial charge is 0.481 e. The number of alkyl carbamates (subject to hydrolysis) is 1. The molecular weight excluding hydrogens is 461 g/mol. The van der Waals surface area contributed by atoms with Crippen molar-refractivity contribution < 1.29 is 28.9 Å². The van der Waals surface area contributed by atoms with Gasteiger partial charge in [0.2, 0.25) is 0 Å². The van der Waals surface area contributed by atoms with Crippen molar-refractivity contribution in [1.82, 2.24) is 5.32 Å². The number of carboxylic acid groups (broad SMARTS) is 1. The van der Waals surface area contributed by atoms with Crippen LogP contribution in [-0.2, 0) is 16.0 Å². The Morgan fingerprint density at radius 1 is 1.21 bits per heavy atom. The highest BCUT2D eigenvalue weighted by molar-refractivity contribution is 6.30. The van der Waals surface area contributed by atoms with Crippen molar-refractivity contribution in [3.05, 3.63) is 71.5 Å². The number of ether oxygens (including phenoxy) is 1. The second-order valence-corrected chi connectivity index (χ2v) is 9.75. The number of halogens is 2. The van der Waals surface area contributed by atoms with Gasteiger partial charge in [-0.25, -0.2) is 9.18 Å². The normalized spacial score (nSPS) is 14.1. The Balaban J connectivity index is 2.31. The molecule has 0 heterocycles. The number of aliphatic carboxylic acids is 1. The number of rotatable bonds is 10. The fraction of sp³-hybridized carbons (Fsp3) is 0.385. The first-order valence-corrected chi connectivity index (χ1v) is 11.3. The van der Waals surface area contributed by atoms with E-state index in [9.17, 15) is 24.2 Å². The fourth-order valence-corrected chi connectivity index (χ4v) is 3.85. The van der Waals surface area contributed by atoms with Gasteiger partial charge in [-0.1, -0.05) is 41.9 Å². The molecule has 3 N–H and O–H groups in total. The number of amides is 1. The van der Waals surface area contributed by atoms with E-state index in [-0.39, 0.29) is 19.3 Å². The van der Waals surface area contributed by atoms with Crippen molar-refractivity contribution in [3.63, 3.8) is 0 Å². The summed E-state index contributed by atoms with van der Waals surface area (Å²) in [5.41, 5.74) is -0.478. The summed E-state index contributed by atoms with van der Waals surface area (Å²) in [5, 5.41) is 22.9. The molecule has 0 aliphatic heterocycles. The second kappa shape index (κ2) is 11.5. The van der Waals surface area contributed by atoms with E-state index >= 15 is 0 Å². The number of carbonyl (C=O) groups is 2. The molecule has 0 saturated heterocycles. The molecule has 1 amide bonds. The smallest absolute Gasteiger partial charge is 0.407 e. The van der Waals surface area contributed by atoms with Gasteiger partial charge < -0.3 is 20.3 Å². The SMILES string of the molecule is C=CCC(CO)(C[C@@H](Cc1ccc(-c2cc(Cl)ccc2F)cc1)NC(=O)OC(C)(C)C)C(=O)O. The molecule has 0 fully saturated rings. The number of hydrogen-bond donors (Lipinski definition) is 3. The molecule has 2 aromatic rings. The standard InChI is InChI=1S/C26H31ClFNO5/c1-5-12-26(16-30,23(31)32)15-20(29-24(33)34-25(2,3)4)13-17-6-8-18(9-7-17)21-14-19(27)10-11-22(21)28/h5-11,14,20,30H,1,12-13,15-16H2,2-4H3,(H,29,33)(H,31,32)/t20-,26?/m1/s1. The Kier molecular flexibility index (Phi) is 9.24. The molecule has 0 radical (unpaired) electrons. The molecule has 2 atom stereocenters. The zero-order valence-electron chi connectivity index (χ0n) is 19.6. The number of carboxylic acids is 1. The third kappa shape index (κ3) is 7.57. The summed E-state index contributed by atoms with van der Waals surface area (Å²) in [6, 6.07) is 10.7. The Hall–Kier alpha value is -2.90. The van der Waals surface area contributed by atoms with Crippen LogP contribution in [0.3, 0.4) is 0 Å². The van der Waals surface area contributed by atoms with Gasteiger partial charge in [0.1, 0.15) is 11.4 Å². The van der Waals surface area contributed by atoms with Crippen molar-refractivity contribution in [2.75, 3.05) is 6.61 Å². The second-order valence-electron chi connectivity index (χ2n) is 9.31. The Bertz CT molecular complexity index is 1020.